The van der Waals surface area contributed by atoms with Crippen molar-refractivity contribution in [2.45, 2.75) is 26.3 Å². The molecule has 0 radical (unpaired) electrons. The summed E-state index contributed by atoms with van der Waals surface area (Å²) in [6.45, 7) is 4.27. The molecule has 0 aliphatic heterocycles. The fourth-order valence-electron chi connectivity index (χ4n) is 2.74. The molecule has 29 heavy (non-hydrogen) atoms. The molecule has 1 atom stereocenters. The van der Waals surface area contributed by atoms with Crippen LogP contribution in [-0.2, 0) is 16.0 Å². The summed E-state index contributed by atoms with van der Waals surface area (Å²) >= 11 is 6.05. The van der Waals surface area contributed by atoms with Gasteiger partial charge in [-0.1, -0.05) is 67.9 Å². The van der Waals surface area contributed by atoms with Gasteiger partial charge in [0, 0.05) is 13.1 Å². The molecule has 2 rings (SSSR count). The van der Waals surface area contributed by atoms with E-state index >= 15 is 0 Å². The highest BCUT2D eigenvalue weighted by Gasteiger charge is 2.25. The molecule has 0 heterocycles. The molecule has 0 unspecified atom stereocenters. The summed E-state index contributed by atoms with van der Waals surface area (Å²) in [6, 6.07) is 15.4. The number of carbonyl (C=O) groups is 3. The molecule has 0 bridgehead atoms. The van der Waals surface area contributed by atoms with Gasteiger partial charge in [0.25, 0.3) is 5.91 Å². The number of hydrogen-bond donors (Lipinski definition) is 3. The van der Waals surface area contributed by atoms with Crippen molar-refractivity contribution in [3.8, 4) is 0 Å². The number of amides is 3. The van der Waals surface area contributed by atoms with Gasteiger partial charge in [-0.05, 0) is 23.6 Å². The SMILES string of the molecule is CC(C)[C@H](NC(=O)c1ccccc1Cl)C(=O)NCCNC(=O)Cc1ccccc1. The maximum absolute atomic E-state index is 12.5. The van der Waals surface area contributed by atoms with Gasteiger partial charge in [-0.2, -0.15) is 0 Å². The standard InChI is InChI=1S/C22H26ClN3O3/c1-15(2)20(26-21(28)17-10-6-7-11-18(17)23)22(29)25-13-12-24-19(27)14-16-8-4-3-5-9-16/h3-11,15,20H,12-14H2,1-2H3,(H,24,27)(H,25,29)(H,26,28)/t20-/m0/s1. The van der Waals surface area contributed by atoms with E-state index in [9.17, 15) is 14.4 Å². The Bertz CT molecular complexity index is 840. The molecule has 0 spiro atoms. The predicted octanol–water partition coefficient (Wildman–Crippen LogP) is 2.57. The van der Waals surface area contributed by atoms with Gasteiger partial charge in [-0.3, -0.25) is 14.4 Å². The van der Waals surface area contributed by atoms with Crippen LogP contribution in [0.4, 0.5) is 0 Å². The molecule has 0 saturated carbocycles. The van der Waals surface area contributed by atoms with Crippen LogP contribution in [0.5, 0.6) is 0 Å². The minimum Gasteiger partial charge on any atom is -0.354 e. The second-order valence-corrected chi connectivity index (χ2v) is 7.39. The molecular weight excluding hydrogens is 390 g/mol. The molecule has 6 nitrogen and oxygen atoms in total. The van der Waals surface area contributed by atoms with Crippen molar-refractivity contribution in [3.63, 3.8) is 0 Å². The Morgan fingerprint density at radius 2 is 1.52 bits per heavy atom. The predicted molar refractivity (Wildman–Crippen MR) is 114 cm³/mol. The highest BCUT2D eigenvalue weighted by Crippen LogP contribution is 2.15. The van der Waals surface area contributed by atoms with Gasteiger partial charge in [0.15, 0.2) is 0 Å². The summed E-state index contributed by atoms with van der Waals surface area (Å²) in [5.74, 6) is -0.940. The van der Waals surface area contributed by atoms with Crippen molar-refractivity contribution < 1.29 is 14.4 Å². The van der Waals surface area contributed by atoms with Crippen LogP contribution >= 0.6 is 11.6 Å². The number of nitrogens with one attached hydrogen (secondary N) is 3. The molecular formula is C22H26ClN3O3. The van der Waals surface area contributed by atoms with Crippen LogP contribution in [0.1, 0.15) is 29.8 Å². The fourth-order valence-corrected chi connectivity index (χ4v) is 2.96. The third kappa shape index (κ3) is 7.23. The number of carbonyl (C=O) groups excluding carboxylic acids is 3. The van der Waals surface area contributed by atoms with Gasteiger partial charge in [0.2, 0.25) is 11.8 Å². The first-order valence-corrected chi connectivity index (χ1v) is 9.90. The summed E-state index contributed by atoms with van der Waals surface area (Å²) in [4.78, 5) is 36.9. The molecule has 0 aromatic heterocycles. The lowest BCUT2D eigenvalue weighted by atomic mass is 10.0. The van der Waals surface area contributed by atoms with E-state index in [1.165, 1.54) is 0 Å². The second-order valence-electron chi connectivity index (χ2n) is 6.98. The zero-order valence-electron chi connectivity index (χ0n) is 16.6. The summed E-state index contributed by atoms with van der Waals surface area (Å²) in [5, 5.41) is 8.58. The summed E-state index contributed by atoms with van der Waals surface area (Å²) in [5.41, 5.74) is 1.25. The number of halogens is 1. The zero-order valence-corrected chi connectivity index (χ0v) is 17.3. The van der Waals surface area contributed by atoms with Crippen molar-refractivity contribution in [1.29, 1.82) is 0 Å². The van der Waals surface area contributed by atoms with Crippen LogP contribution in [0.3, 0.4) is 0 Å². The Labute approximate surface area is 176 Å². The Hall–Kier alpha value is -2.86. The van der Waals surface area contributed by atoms with E-state index in [-0.39, 0.29) is 30.7 Å². The molecule has 0 saturated heterocycles. The van der Waals surface area contributed by atoms with Crippen molar-refractivity contribution in [1.82, 2.24) is 16.0 Å². The second kappa shape index (κ2) is 11.2. The molecule has 3 amide bonds. The lowest BCUT2D eigenvalue weighted by Gasteiger charge is -2.22. The molecule has 2 aromatic carbocycles. The monoisotopic (exact) mass is 415 g/mol. The molecule has 3 N–H and O–H groups in total. The van der Waals surface area contributed by atoms with E-state index in [1.807, 2.05) is 44.2 Å². The first kappa shape index (κ1) is 22.4. The van der Waals surface area contributed by atoms with Crippen molar-refractivity contribution in [2.24, 2.45) is 5.92 Å². The molecule has 0 fully saturated rings. The third-order valence-electron chi connectivity index (χ3n) is 4.31. The summed E-state index contributed by atoms with van der Waals surface area (Å²) in [6.07, 6.45) is 0.289. The molecule has 2 aromatic rings. The Morgan fingerprint density at radius 1 is 0.897 bits per heavy atom. The van der Waals surface area contributed by atoms with Gasteiger partial charge >= 0.3 is 0 Å². The normalized spacial score (nSPS) is 11.6. The first-order chi connectivity index (χ1) is 13.9. The van der Waals surface area contributed by atoms with E-state index in [2.05, 4.69) is 16.0 Å². The summed E-state index contributed by atoms with van der Waals surface area (Å²) in [7, 11) is 0. The number of benzene rings is 2. The fraction of sp³-hybridized carbons (Fsp3) is 0.318. The maximum atomic E-state index is 12.5. The molecule has 0 aliphatic rings. The molecule has 0 aliphatic carbocycles. The third-order valence-corrected chi connectivity index (χ3v) is 4.64. The minimum absolute atomic E-state index is 0.113. The Kier molecular flexibility index (Phi) is 8.68. The largest absolute Gasteiger partial charge is 0.354 e. The van der Waals surface area contributed by atoms with Gasteiger partial charge in [0.05, 0.1) is 17.0 Å². The Morgan fingerprint density at radius 3 is 2.17 bits per heavy atom. The lowest BCUT2D eigenvalue weighted by Crippen LogP contribution is -2.50. The highest BCUT2D eigenvalue weighted by atomic mass is 35.5. The first-order valence-electron chi connectivity index (χ1n) is 9.52. The molecule has 154 valence electrons. The van der Waals surface area contributed by atoms with Gasteiger partial charge in [-0.25, -0.2) is 0 Å². The van der Waals surface area contributed by atoms with Crippen molar-refractivity contribution >= 4 is 29.3 Å². The topological polar surface area (TPSA) is 87.3 Å². The van der Waals surface area contributed by atoms with Gasteiger partial charge in [-0.15, -0.1) is 0 Å². The van der Waals surface area contributed by atoms with E-state index in [0.717, 1.165) is 5.56 Å². The van der Waals surface area contributed by atoms with Crippen molar-refractivity contribution in [2.75, 3.05) is 13.1 Å². The van der Waals surface area contributed by atoms with E-state index in [1.54, 1.807) is 24.3 Å². The lowest BCUT2D eigenvalue weighted by molar-refractivity contribution is -0.124. The number of rotatable bonds is 9. The van der Waals surface area contributed by atoms with Crippen LogP contribution in [0.25, 0.3) is 0 Å². The molecule has 7 heteroatoms. The summed E-state index contributed by atoms with van der Waals surface area (Å²) < 4.78 is 0. The average molecular weight is 416 g/mol. The van der Waals surface area contributed by atoms with Crippen LogP contribution < -0.4 is 16.0 Å². The van der Waals surface area contributed by atoms with Crippen LogP contribution in [0, 0.1) is 5.92 Å². The van der Waals surface area contributed by atoms with Crippen LogP contribution in [0.15, 0.2) is 54.6 Å². The quantitative estimate of drug-likeness (QED) is 0.550. The smallest absolute Gasteiger partial charge is 0.253 e. The van der Waals surface area contributed by atoms with Gasteiger partial charge in [0.1, 0.15) is 6.04 Å². The van der Waals surface area contributed by atoms with Gasteiger partial charge < -0.3 is 16.0 Å². The van der Waals surface area contributed by atoms with E-state index < -0.39 is 11.9 Å². The Balaban J connectivity index is 1.79. The van der Waals surface area contributed by atoms with E-state index in [4.69, 9.17) is 11.6 Å². The van der Waals surface area contributed by atoms with Crippen LogP contribution in [-0.4, -0.2) is 36.9 Å². The zero-order chi connectivity index (χ0) is 21.2. The number of hydrogen-bond acceptors (Lipinski definition) is 3. The minimum atomic E-state index is -0.709. The van der Waals surface area contributed by atoms with Crippen molar-refractivity contribution in [3.05, 3.63) is 70.7 Å². The highest BCUT2D eigenvalue weighted by molar-refractivity contribution is 6.33. The van der Waals surface area contributed by atoms with Crippen LogP contribution in [0.2, 0.25) is 5.02 Å². The maximum Gasteiger partial charge on any atom is 0.253 e. The van der Waals surface area contributed by atoms with E-state index in [0.29, 0.717) is 17.1 Å². The average Bonchev–Trinajstić information content (AvgIpc) is 2.70.